The third-order valence-corrected chi connectivity index (χ3v) is 8.03. The van der Waals surface area contributed by atoms with Gasteiger partial charge in [0.2, 0.25) is 5.91 Å². The van der Waals surface area contributed by atoms with E-state index in [2.05, 4.69) is 70.3 Å². The molecule has 1 amide bonds. The van der Waals surface area contributed by atoms with Crippen LogP contribution in [0.25, 0.3) is 0 Å². The van der Waals surface area contributed by atoms with Gasteiger partial charge in [-0.1, -0.05) is 81.1 Å². The molecule has 0 bridgehead atoms. The van der Waals surface area contributed by atoms with Crippen molar-refractivity contribution in [1.82, 2.24) is 5.32 Å². The zero-order chi connectivity index (χ0) is 23.4. The van der Waals surface area contributed by atoms with E-state index in [0.717, 1.165) is 19.3 Å². The Bertz CT molecular complexity index is 526. The second-order valence-electron chi connectivity index (χ2n) is 10.0. The van der Waals surface area contributed by atoms with Crippen molar-refractivity contribution in [2.45, 2.75) is 107 Å². The van der Waals surface area contributed by atoms with Crippen LogP contribution in [0.3, 0.4) is 0 Å². The molecule has 0 rings (SSSR count). The number of carbonyl (C=O) groups is 1. The molecular formula is C23H48NO5P. The van der Waals surface area contributed by atoms with Gasteiger partial charge in [-0.2, -0.15) is 4.67 Å². The van der Waals surface area contributed by atoms with Gasteiger partial charge in [0.25, 0.3) is 0 Å². The lowest BCUT2D eigenvalue weighted by molar-refractivity contribution is -0.206. The predicted octanol–water partition coefficient (Wildman–Crippen LogP) is 6.29. The van der Waals surface area contributed by atoms with Gasteiger partial charge >= 0.3 is 8.25 Å². The Kier molecular flexibility index (Phi) is 13.7. The van der Waals surface area contributed by atoms with E-state index in [1.165, 1.54) is 25.7 Å². The first-order valence-corrected chi connectivity index (χ1v) is 12.9. The molecule has 0 aliphatic heterocycles. The van der Waals surface area contributed by atoms with Gasteiger partial charge in [-0.25, -0.2) is 4.89 Å². The van der Waals surface area contributed by atoms with Gasteiger partial charge in [-0.05, 0) is 41.4 Å². The maximum absolute atomic E-state index is 12.5. The summed E-state index contributed by atoms with van der Waals surface area (Å²) in [6.45, 7) is 18.7. The van der Waals surface area contributed by atoms with Crippen molar-refractivity contribution in [3.05, 3.63) is 0 Å². The number of amides is 1. The van der Waals surface area contributed by atoms with Crippen LogP contribution in [0.4, 0.5) is 0 Å². The molecule has 0 radical (unpaired) electrons. The normalized spacial score (nSPS) is 18.3. The maximum atomic E-state index is 12.5. The van der Waals surface area contributed by atoms with Crippen LogP contribution in [0.5, 0.6) is 0 Å². The number of rotatable bonds is 17. The first-order valence-electron chi connectivity index (χ1n) is 11.7. The second kappa shape index (κ2) is 13.9. The first kappa shape index (κ1) is 29.6. The quantitative estimate of drug-likeness (QED) is 0.118. The molecule has 0 aromatic rings. The maximum Gasteiger partial charge on any atom is 0.344 e. The summed E-state index contributed by atoms with van der Waals surface area (Å²) >= 11 is 0. The molecule has 0 heterocycles. The van der Waals surface area contributed by atoms with E-state index in [0.29, 0.717) is 17.8 Å². The van der Waals surface area contributed by atoms with Crippen LogP contribution < -0.4 is 5.32 Å². The minimum Gasteiger partial charge on any atom is -0.354 e. The molecule has 180 valence electrons. The largest absolute Gasteiger partial charge is 0.354 e. The van der Waals surface area contributed by atoms with Gasteiger partial charge in [0.05, 0.1) is 0 Å². The number of hydrogen-bond donors (Lipinski definition) is 2. The monoisotopic (exact) mass is 449 g/mol. The van der Waals surface area contributed by atoms with E-state index in [1.54, 1.807) is 0 Å². The number of nitrogens with one attached hydrogen (secondary N) is 1. The molecule has 2 N–H and O–H groups in total. The molecule has 30 heavy (non-hydrogen) atoms. The Morgan fingerprint density at radius 1 is 1.03 bits per heavy atom. The van der Waals surface area contributed by atoms with Gasteiger partial charge in [0, 0.05) is 13.0 Å². The number of hydrogen-bond acceptors (Lipinski definition) is 4. The number of carbonyl (C=O) groups excluding carboxylic acids is 1. The van der Waals surface area contributed by atoms with Crippen LogP contribution in [-0.2, 0) is 18.9 Å². The predicted molar refractivity (Wildman–Crippen MR) is 124 cm³/mol. The minimum absolute atomic E-state index is 0.0176. The average molecular weight is 450 g/mol. The van der Waals surface area contributed by atoms with Gasteiger partial charge in [-0.15, -0.1) is 0 Å². The lowest BCUT2D eigenvalue weighted by atomic mass is 9.64. The average Bonchev–Trinajstić information content (AvgIpc) is 2.70. The van der Waals surface area contributed by atoms with Crippen molar-refractivity contribution in [3.63, 3.8) is 0 Å². The van der Waals surface area contributed by atoms with Gasteiger partial charge < -0.3 is 10.2 Å². The molecule has 7 heteroatoms. The lowest BCUT2D eigenvalue weighted by Gasteiger charge is -2.41. The smallest absolute Gasteiger partial charge is 0.344 e. The molecular weight excluding hydrogens is 401 g/mol. The van der Waals surface area contributed by atoms with E-state index in [9.17, 15) is 9.36 Å². The molecule has 0 spiro atoms. The Labute approximate surface area is 185 Å². The highest BCUT2D eigenvalue weighted by Crippen LogP contribution is 2.46. The summed E-state index contributed by atoms with van der Waals surface area (Å²) in [5.74, 6) is 0.669. The van der Waals surface area contributed by atoms with Crippen molar-refractivity contribution < 1.29 is 23.8 Å². The highest BCUT2D eigenvalue weighted by atomic mass is 31.1. The molecule has 0 aromatic carbocycles. The molecule has 6 nitrogen and oxygen atoms in total. The van der Waals surface area contributed by atoms with E-state index >= 15 is 0 Å². The highest BCUT2D eigenvalue weighted by Gasteiger charge is 2.36. The first-order chi connectivity index (χ1) is 13.9. The van der Waals surface area contributed by atoms with Crippen LogP contribution in [0.15, 0.2) is 0 Å². The second-order valence-corrected chi connectivity index (χ2v) is 10.7. The topological polar surface area (TPSA) is 84.9 Å². The van der Waals surface area contributed by atoms with Crippen molar-refractivity contribution in [1.29, 1.82) is 0 Å². The molecule has 4 atom stereocenters. The molecule has 0 saturated heterocycles. The summed E-state index contributed by atoms with van der Waals surface area (Å²) in [5, 5.41) is 2.82. The third-order valence-electron chi connectivity index (χ3n) is 7.77. The Morgan fingerprint density at radius 2 is 1.60 bits per heavy atom. The summed E-state index contributed by atoms with van der Waals surface area (Å²) in [7, 11) is -3.10. The Hall–Kier alpha value is -0.420. The lowest BCUT2D eigenvalue weighted by Crippen LogP contribution is -2.35. The summed E-state index contributed by atoms with van der Waals surface area (Å²) in [6, 6.07) is 0. The SMILES string of the molecule is CCC(C)(CCC(C)C(C)(CC)CC)CC(C)(CC)CC(=O)NCCOO[PH](=O)O. The molecule has 0 aromatic heterocycles. The van der Waals surface area contributed by atoms with E-state index < -0.39 is 8.25 Å². The van der Waals surface area contributed by atoms with Crippen LogP contribution in [-0.4, -0.2) is 24.0 Å². The Morgan fingerprint density at radius 3 is 2.07 bits per heavy atom. The summed E-state index contributed by atoms with van der Waals surface area (Å²) in [4.78, 5) is 25.6. The zero-order valence-electron chi connectivity index (χ0n) is 20.7. The summed E-state index contributed by atoms with van der Waals surface area (Å²) in [5.41, 5.74) is 0.551. The highest BCUT2D eigenvalue weighted by molar-refractivity contribution is 7.31. The van der Waals surface area contributed by atoms with Crippen molar-refractivity contribution in [3.8, 4) is 0 Å². The molecule has 0 aliphatic carbocycles. The van der Waals surface area contributed by atoms with Crippen LogP contribution in [0.1, 0.15) is 107 Å². The molecule has 0 fully saturated rings. The minimum atomic E-state index is -3.10. The molecule has 0 aliphatic rings. The Balaban J connectivity index is 4.80. The van der Waals surface area contributed by atoms with Crippen molar-refractivity contribution >= 4 is 14.2 Å². The standard InChI is InChI=1S/C23H48NO5P/c1-9-21(6,14-13-19(5)23(8,11-3)12-4)18-22(7,10-2)17-20(25)24-15-16-28-29-30(26)27/h19,30H,9-18H2,1-8H3,(H,24,25)(H,26,27). The van der Waals surface area contributed by atoms with Crippen molar-refractivity contribution in [2.24, 2.45) is 22.2 Å². The fourth-order valence-corrected chi connectivity index (χ4v) is 4.55. The summed E-state index contributed by atoms with van der Waals surface area (Å²) < 4.78 is 14.6. The van der Waals surface area contributed by atoms with Gasteiger partial charge in [0.15, 0.2) is 0 Å². The van der Waals surface area contributed by atoms with Crippen LogP contribution >= 0.6 is 8.25 Å². The fourth-order valence-electron chi connectivity index (χ4n) is 4.37. The van der Waals surface area contributed by atoms with Crippen molar-refractivity contribution in [2.75, 3.05) is 13.2 Å². The van der Waals surface area contributed by atoms with Crippen LogP contribution in [0.2, 0.25) is 0 Å². The van der Waals surface area contributed by atoms with Gasteiger partial charge in [0.1, 0.15) is 6.61 Å². The molecule has 4 unspecified atom stereocenters. The van der Waals surface area contributed by atoms with Crippen LogP contribution in [0, 0.1) is 22.2 Å². The third kappa shape index (κ3) is 10.7. The fraction of sp³-hybridized carbons (Fsp3) is 0.957. The molecule has 0 saturated carbocycles. The summed E-state index contributed by atoms with van der Waals surface area (Å²) in [6.07, 6.45) is 8.37. The van der Waals surface area contributed by atoms with Gasteiger partial charge in [-0.3, -0.25) is 9.36 Å². The zero-order valence-corrected chi connectivity index (χ0v) is 21.7. The van der Waals surface area contributed by atoms with E-state index in [-0.39, 0.29) is 29.9 Å². The van der Waals surface area contributed by atoms with E-state index in [1.807, 2.05) is 0 Å². The van der Waals surface area contributed by atoms with E-state index in [4.69, 9.17) is 4.89 Å².